The van der Waals surface area contributed by atoms with Gasteiger partial charge in [-0.05, 0) is 58.1 Å². The Hall–Kier alpha value is -1.11. The third-order valence-electron chi connectivity index (χ3n) is 5.02. The van der Waals surface area contributed by atoms with Crippen molar-refractivity contribution in [2.24, 2.45) is 0 Å². The Labute approximate surface area is 139 Å². The molecule has 2 heterocycles. The van der Waals surface area contributed by atoms with Crippen molar-refractivity contribution in [3.63, 3.8) is 0 Å². The van der Waals surface area contributed by atoms with E-state index >= 15 is 0 Å². The van der Waals surface area contributed by atoms with Gasteiger partial charge in [0.05, 0.1) is 11.4 Å². The van der Waals surface area contributed by atoms with Crippen LogP contribution in [0.15, 0.2) is 24.3 Å². The number of rotatable bonds is 5. The lowest BCUT2D eigenvalue weighted by Crippen LogP contribution is -2.49. The Morgan fingerprint density at radius 1 is 1.17 bits per heavy atom. The van der Waals surface area contributed by atoms with Gasteiger partial charge in [-0.2, -0.15) is 0 Å². The van der Waals surface area contributed by atoms with Crippen LogP contribution in [-0.4, -0.2) is 70.3 Å². The van der Waals surface area contributed by atoms with E-state index in [-0.39, 0.29) is 11.8 Å². The number of fused-ring (bicyclic) bond motifs is 1. The molecule has 5 nitrogen and oxygen atoms in total. The first-order valence-corrected chi connectivity index (χ1v) is 10.1. The van der Waals surface area contributed by atoms with Crippen LogP contribution in [0.25, 0.3) is 0 Å². The van der Waals surface area contributed by atoms with Crippen LogP contribution in [0.4, 0.5) is 5.69 Å². The van der Waals surface area contributed by atoms with Crippen LogP contribution in [-0.2, 0) is 16.4 Å². The Morgan fingerprint density at radius 2 is 1.87 bits per heavy atom. The maximum Gasteiger partial charge on any atom is 0.236 e. The molecule has 1 aromatic carbocycles. The molecule has 0 saturated carbocycles. The molecule has 0 aromatic heterocycles. The van der Waals surface area contributed by atoms with Crippen molar-refractivity contribution < 1.29 is 8.42 Å². The monoisotopic (exact) mass is 337 g/mol. The summed E-state index contributed by atoms with van der Waals surface area (Å²) in [5, 5.41) is 0. The summed E-state index contributed by atoms with van der Waals surface area (Å²) in [5.41, 5.74) is 1.99. The molecule has 1 atom stereocenters. The summed E-state index contributed by atoms with van der Waals surface area (Å²) < 4.78 is 27.6. The Morgan fingerprint density at radius 3 is 2.57 bits per heavy atom. The first kappa shape index (κ1) is 16.7. The number of hydrogen-bond acceptors (Lipinski definition) is 4. The highest BCUT2D eigenvalue weighted by Gasteiger charge is 2.33. The predicted octanol–water partition coefficient (Wildman–Crippen LogP) is 1.40. The zero-order valence-corrected chi connectivity index (χ0v) is 14.9. The summed E-state index contributed by atoms with van der Waals surface area (Å²) in [6.45, 7) is 3.26. The van der Waals surface area contributed by atoms with Crippen LogP contribution in [0.1, 0.15) is 18.4 Å². The van der Waals surface area contributed by atoms with Gasteiger partial charge in [0.15, 0.2) is 0 Å². The molecule has 23 heavy (non-hydrogen) atoms. The van der Waals surface area contributed by atoms with Gasteiger partial charge in [-0.25, -0.2) is 8.42 Å². The molecular formula is C17H27N3O2S. The molecule has 2 aliphatic rings. The standard InChI is InChI=1S/C17H27N3O2S/c1-18(2)16-13-15-7-3-4-8-17(15)20(14-16)23(21,22)12-11-19-9-5-6-10-19/h3-4,7-8,16H,5-6,9-14H2,1-2H3. The van der Waals surface area contributed by atoms with Gasteiger partial charge in [0.1, 0.15) is 0 Å². The molecule has 2 aliphatic heterocycles. The number of nitrogens with zero attached hydrogens (tertiary/aromatic N) is 3. The lowest BCUT2D eigenvalue weighted by molar-refractivity contribution is 0.292. The SMILES string of the molecule is CN(C)C1Cc2ccccc2N(S(=O)(=O)CCN2CCCC2)C1. The number of likely N-dealkylation sites (N-methyl/N-ethyl adjacent to an activating group) is 1. The molecule has 0 N–H and O–H groups in total. The van der Waals surface area contributed by atoms with Crippen molar-refractivity contribution >= 4 is 15.7 Å². The smallest absolute Gasteiger partial charge is 0.236 e. The van der Waals surface area contributed by atoms with Crippen LogP contribution in [0.3, 0.4) is 0 Å². The molecule has 1 saturated heterocycles. The van der Waals surface area contributed by atoms with Crippen molar-refractivity contribution in [1.29, 1.82) is 0 Å². The second kappa shape index (κ2) is 6.79. The minimum absolute atomic E-state index is 0.210. The zero-order chi connectivity index (χ0) is 16.4. The van der Waals surface area contributed by atoms with Crippen LogP contribution >= 0.6 is 0 Å². The fourth-order valence-corrected chi connectivity index (χ4v) is 5.09. The minimum Gasteiger partial charge on any atom is -0.304 e. The van der Waals surface area contributed by atoms with E-state index in [0.29, 0.717) is 13.1 Å². The largest absolute Gasteiger partial charge is 0.304 e. The van der Waals surface area contributed by atoms with E-state index < -0.39 is 10.0 Å². The van der Waals surface area contributed by atoms with E-state index in [9.17, 15) is 8.42 Å². The summed E-state index contributed by atoms with van der Waals surface area (Å²) >= 11 is 0. The normalized spacial score (nSPS) is 22.6. The van der Waals surface area contributed by atoms with Crippen LogP contribution < -0.4 is 4.31 Å². The second-order valence-electron chi connectivity index (χ2n) is 6.85. The number of anilines is 1. The van der Waals surface area contributed by atoms with Crippen molar-refractivity contribution in [3.8, 4) is 0 Å². The Bertz CT molecular complexity index is 639. The average Bonchev–Trinajstić information content (AvgIpc) is 3.05. The summed E-state index contributed by atoms with van der Waals surface area (Å²) in [6.07, 6.45) is 3.28. The molecule has 0 spiro atoms. The maximum absolute atomic E-state index is 13.0. The van der Waals surface area contributed by atoms with Crippen LogP contribution in [0.2, 0.25) is 0 Å². The van der Waals surface area contributed by atoms with E-state index in [4.69, 9.17) is 0 Å². The highest BCUT2D eigenvalue weighted by atomic mass is 32.2. The summed E-state index contributed by atoms with van der Waals surface area (Å²) in [7, 11) is 0.757. The number of para-hydroxylation sites is 1. The second-order valence-corrected chi connectivity index (χ2v) is 8.86. The van der Waals surface area contributed by atoms with Gasteiger partial charge in [0, 0.05) is 19.1 Å². The van der Waals surface area contributed by atoms with E-state index in [2.05, 4.69) is 9.80 Å². The van der Waals surface area contributed by atoms with Gasteiger partial charge in [0.2, 0.25) is 10.0 Å². The van der Waals surface area contributed by atoms with Gasteiger partial charge in [-0.1, -0.05) is 18.2 Å². The van der Waals surface area contributed by atoms with Gasteiger partial charge in [-0.15, -0.1) is 0 Å². The number of likely N-dealkylation sites (tertiary alicyclic amines) is 1. The topological polar surface area (TPSA) is 43.9 Å². The molecule has 1 aromatic rings. The third kappa shape index (κ3) is 3.70. The first-order valence-electron chi connectivity index (χ1n) is 8.44. The van der Waals surface area contributed by atoms with Crippen molar-refractivity contribution in [1.82, 2.24) is 9.80 Å². The van der Waals surface area contributed by atoms with E-state index in [1.165, 1.54) is 12.8 Å². The fraction of sp³-hybridized carbons (Fsp3) is 0.647. The van der Waals surface area contributed by atoms with E-state index in [1.807, 2.05) is 38.4 Å². The van der Waals surface area contributed by atoms with Crippen molar-refractivity contribution in [2.45, 2.75) is 25.3 Å². The van der Waals surface area contributed by atoms with Gasteiger partial charge >= 0.3 is 0 Å². The summed E-state index contributed by atoms with van der Waals surface area (Å²) in [4.78, 5) is 4.38. The van der Waals surface area contributed by atoms with Crippen molar-refractivity contribution in [3.05, 3.63) is 29.8 Å². The predicted molar refractivity (Wildman–Crippen MR) is 94.4 cm³/mol. The molecule has 0 radical (unpaired) electrons. The minimum atomic E-state index is -3.29. The molecule has 128 valence electrons. The summed E-state index contributed by atoms with van der Waals surface area (Å²) in [6, 6.07) is 8.14. The quantitative estimate of drug-likeness (QED) is 0.815. The van der Waals surface area contributed by atoms with E-state index in [0.717, 1.165) is 30.8 Å². The zero-order valence-electron chi connectivity index (χ0n) is 14.1. The maximum atomic E-state index is 13.0. The molecule has 1 fully saturated rings. The molecule has 1 unspecified atom stereocenters. The fourth-order valence-electron chi connectivity index (χ4n) is 3.51. The molecule has 0 amide bonds. The molecular weight excluding hydrogens is 310 g/mol. The molecule has 3 rings (SSSR count). The van der Waals surface area contributed by atoms with E-state index in [1.54, 1.807) is 4.31 Å². The number of hydrogen-bond donors (Lipinski definition) is 0. The van der Waals surface area contributed by atoms with Crippen LogP contribution in [0.5, 0.6) is 0 Å². The third-order valence-corrected chi connectivity index (χ3v) is 6.74. The van der Waals surface area contributed by atoms with Gasteiger partial charge in [-0.3, -0.25) is 4.31 Å². The average molecular weight is 337 g/mol. The van der Waals surface area contributed by atoms with Gasteiger partial charge in [0.25, 0.3) is 0 Å². The van der Waals surface area contributed by atoms with Crippen LogP contribution in [0, 0.1) is 0 Å². The molecule has 6 heteroatoms. The highest BCUT2D eigenvalue weighted by molar-refractivity contribution is 7.92. The number of benzene rings is 1. The Balaban J connectivity index is 1.81. The first-order chi connectivity index (χ1) is 11.0. The lowest BCUT2D eigenvalue weighted by Gasteiger charge is -2.38. The number of sulfonamides is 1. The lowest BCUT2D eigenvalue weighted by atomic mass is 9.99. The Kier molecular flexibility index (Phi) is 4.94. The van der Waals surface area contributed by atoms with Crippen molar-refractivity contribution in [2.75, 3.05) is 50.3 Å². The summed E-state index contributed by atoms with van der Waals surface area (Å²) in [5.74, 6) is 0.210. The van der Waals surface area contributed by atoms with Gasteiger partial charge < -0.3 is 9.80 Å². The highest BCUT2D eigenvalue weighted by Crippen LogP contribution is 2.30. The molecule has 0 bridgehead atoms. The molecule has 0 aliphatic carbocycles.